The molecule has 0 atom stereocenters. The van der Waals surface area contributed by atoms with Crippen LogP contribution < -0.4 is 4.74 Å². The highest BCUT2D eigenvalue weighted by atomic mass is 16.5. The Balaban J connectivity index is 1.69. The Morgan fingerprint density at radius 3 is 2.19 bits per heavy atom. The van der Waals surface area contributed by atoms with Crippen molar-refractivity contribution >= 4 is 17.3 Å². The Bertz CT molecular complexity index is 778. The molecule has 140 valence electrons. The van der Waals surface area contributed by atoms with Crippen LogP contribution in [0.5, 0.6) is 5.75 Å². The molecule has 0 aliphatic rings. The molecule has 0 aromatic heterocycles. The van der Waals surface area contributed by atoms with E-state index in [0.717, 1.165) is 30.7 Å². The van der Waals surface area contributed by atoms with Gasteiger partial charge in [-0.1, -0.05) is 0 Å². The Morgan fingerprint density at radius 2 is 1.59 bits per heavy atom. The molecular weight excluding hydrogens is 342 g/mol. The molecule has 0 heterocycles. The predicted octanol–water partition coefficient (Wildman–Crippen LogP) is 5.48. The number of azo groups is 1. The van der Waals surface area contributed by atoms with Gasteiger partial charge in [-0.3, -0.25) is 4.79 Å². The van der Waals surface area contributed by atoms with Gasteiger partial charge in [-0.05, 0) is 74.7 Å². The predicted molar refractivity (Wildman–Crippen MR) is 102 cm³/mol. The number of carbonyl (C=O) groups excluding carboxylic acids is 1. The fourth-order valence-electron chi connectivity index (χ4n) is 2.30. The molecule has 2 aromatic carbocycles. The zero-order valence-corrected chi connectivity index (χ0v) is 15.4. The summed E-state index contributed by atoms with van der Waals surface area (Å²) in [6.45, 7) is 2.85. The van der Waals surface area contributed by atoms with Crippen molar-refractivity contribution in [2.45, 2.75) is 32.6 Å². The van der Waals surface area contributed by atoms with Crippen molar-refractivity contribution in [2.75, 3.05) is 13.2 Å². The molecule has 0 spiro atoms. The van der Waals surface area contributed by atoms with Crippen molar-refractivity contribution in [2.24, 2.45) is 10.2 Å². The van der Waals surface area contributed by atoms with Crippen LogP contribution in [0, 0.1) is 11.3 Å². The number of hydrogen-bond acceptors (Lipinski definition) is 6. The number of benzene rings is 2. The van der Waals surface area contributed by atoms with Crippen molar-refractivity contribution in [3.8, 4) is 11.8 Å². The van der Waals surface area contributed by atoms with E-state index in [0.29, 0.717) is 30.9 Å². The summed E-state index contributed by atoms with van der Waals surface area (Å²) < 4.78 is 10.6. The average molecular weight is 365 g/mol. The molecule has 0 radical (unpaired) electrons. The third kappa shape index (κ3) is 7.70. The zero-order chi connectivity index (χ0) is 19.3. The van der Waals surface area contributed by atoms with Gasteiger partial charge in [0.1, 0.15) is 5.75 Å². The van der Waals surface area contributed by atoms with Gasteiger partial charge in [-0.15, -0.1) is 0 Å². The van der Waals surface area contributed by atoms with Gasteiger partial charge >= 0.3 is 5.97 Å². The molecule has 6 nitrogen and oxygen atoms in total. The standard InChI is InChI=1S/C21H23N3O3/c1-2-26-21(25)6-4-3-5-15-27-20-13-11-19(12-14-20)24-23-18-9-7-17(16-22)8-10-18/h7-14H,2-6,15H2,1H3/b24-23+. The summed E-state index contributed by atoms with van der Waals surface area (Å²) in [5.41, 5.74) is 2.01. The summed E-state index contributed by atoms with van der Waals surface area (Å²) in [7, 11) is 0. The van der Waals surface area contributed by atoms with E-state index >= 15 is 0 Å². The number of hydrogen-bond donors (Lipinski definition) is 0. The lowest BCUT2D eigenvalue weighted by Gasteiger charge is -2.06. The van der Waals surface area contributed by atoms with Gasteiger partial charge in [-0.25, -0.2) is 0 Å². The number of nitrogens with zero attached hydrogens (tertiary/aromatic N) is 3. The van der Waals surface area contributed by atoms with E-state index in [1.54, 1.807) is 24.3 Å². The topological polar surface area (TPSA) is 84.0 Å². The summed E-state index contributed by atoms with van der Waals surface area (Å²) in [4.78, 5) is 11.2. The number of rotatable bonds is 10. The summed E-state index contributed by atoms with van der Waals surface area (Å²) in [6.07, 6.45) is 3.10. The van der Waals surface area contributed by atoms with Crippen molar-refractivity contribution < 1.29 is 14.3 Å². The van der Waals surface area contributed by atoms with Gasteiger partial charge in [-0.2, -0.15) is 15.5 Å². The molecule has 27 heavy (non-hydrogen) atoms. The highest BCUT2D eigenvalue weighted by Crippen LogP contribution is 2.21. The Kier molecular flexibility index (Phi) is 8.51. The number of esters is 1. The second kappa shape index (κ2) is 11.4. The largest absolute Gasteiger partial charge is 0.494 e. The van der Waals surface area contributed by atoms with E-state index in [4.69, 9.17) is 14.7 Å². The fourth-order valence-corrected chi connectivity index (χ4v) is 2.30. The quantitative estimate of drug-likeness (QED) is 0.317. The number of unbranched alkanes of at least 4 members (excludes halogenated alkanes) is 2. The molecule has 2 rings (SSSR count). The monoisotopic (exact) mass is 365 g/mol. The van der Waals surface area contributed by atoms with Gasteiger partial charge in [0.2, 0.25) is 0 Å². The molecule has 6 heteroatoms. The molecule has 0 bridgehead atoms. The van der Waals surface area contributed by atoms with Crippen LogP contribution >= 0.6 is 0 Å². The van der Waals surface area contributed by atoms with E-state index in [9.17, 15) is 4.79 Å². The van der Waals surface area contributed by atoms with Crippen LogP contribution in [0.3, 0.4) is 0 Å². The Morgan fingerprint density at radius 1 is 0.963 bits per heavy atom. The molecular formula is C21H23N3O3. The van der Waals surface area contributed by atoms with Crippen LogP contribution in [0.2, 0.25) is 0 Å². The summed E-state index contributed by atoms with van der Waals surface area (Å²) in [5.74, 6) is 0.641. The molecule has 0 N–H and O–H groups in total. The van der Waals surface area contributed by atoms with Crippen LogP contribution in [0.4, 0.5) is 11.4 Å². The maximum atomic E-state index is 11.2. The van der Waals surface area contributed by atoms with Crippen molar-refractivity contribution in [3.63, 3.8) is 0 Å². The second-order valence-electron chi connectivity index (χ2n) is 5.82. The van der Waals surface area contributed by atoms with E-state index in [1.165, 1.54) is 0 Å². The highest BCUT2D eigenvalue weighted by Gasteiger charge is 2.01. The fraction of sp³-hybridized carbons (Fsp3) is 0.333. The van der Waals surface area contributed by atoms with Gasteiger partial charge < -0.3 is 9.47 Å². The van der Waals surface area contributed by atoms with Crippen LogP contribution in [-0.2, 0) is 9.53 Å². The second-order valence-corrected chi connectivity index (χ2v) is 5.82. The normalized spacial score (nSPS) is 10.5. The zero-order valence-electron chi connectivity index (χ0n) is 15.4. The smallest absolute Gasteiger partial charge is 0.305 e. The van der Waals surface area contributed by atoms with Gasteiger partial charge in [0, 0.05) is 6.42 Å². The molecule has 0 aliphatic heterocycles. The molecule has 0 amide bonds. The summed E-state index contributed by atoms with van der Waals surface area (Å²) in [5, 5.41) is 17.1. The summed E-state index contributed by atoms with van der Waals surface area (Å²) in [6, 6.07) is 16.4. The van der Waals surface area contributed by atoms with Crippen LogP contribution in [0.1, 0.15) is 38.2 Å². The van der Waals surface area contributed by atoms with Crippen LogP contribution in [-0.4, -0.2) is 19.2 Å². The first-order chi connectivity index (χ1) is 13.2. The van der Waals surface area contributed by atoms with Crippen molar-refractivity contribution in [3.05, 3.63) is 54.1 Å². The lowest BCUT2D eigenvalue weighted by Crippen LogP contribution is -2.04. The van der Waals surface area contributed by atoms with E-state index < -0.39 is 0 Å². The number of carbonyl (C=O) groups is 1. The molecule has 0 saturated heterocycles. The van der Waals surface area contributed by atoms with E-state index in [1.807, 2.05) is 31.2 Å². The maximum absolute atomic E-state index is 11.2. The maximum Gasteiger partial charge on any atom is 0.305 e. The minimum Gasteiger partial charge on any atom is -0.494 e. The van der Waals surface area contributed by atoms with Crippen LogP contribution in [0.25, 0.3) is 0 Å². The molecule has 0 fully saturated rings. The summed E-state index contributed by atoms with van der Waals surface area (Å²) >= 11 is 0. The lowest BCUT2D eigenvalue weighted by atomic mass is 10.2. The third-order valence-corrected chi connectivity index (χ3v) is 3.71. The third-order valence-electron chi connectivity index (χ3n) is 3.71. The first-order valence-electron chi connectivity index (χ1n) is 9.01. The lowest BCUT2D eigenvalue weighted by molar-refractivity contribution is -0.143. The van der Waals surface area contributed by atoms with Gasteiger partial charge in [0.05, 0.1) is 36.2 Å². The van der Waals surface area contributed by atoms with Crippen LogP contribution in [0.15, 0.2) is 58.8 Å². The molecule has 0 unspecified atom stereocenters. The molecule has 2 aromatic rings. The molecule has 0 saturated carbocycles. The minimum atomic E-state index is -0.135. The van der Waals surface area contributed by atoms with Gasteiger partial charge in [0.15, 0.2) is 0 Å². The van der Waals surface area contributed by atoms with E-state index in [2.05, 4.69) is 16.3 Å². The number of nitriles is 1. The first-order valence-corrected chi connectivity index (χ1v) is 9.01. The average Bonchev–Trinajstić information content (AvgIpc) is 2.70. The Labute approximate surface area is 159 Å². The number of ether oxygens (including phenoxy) is 2. The Hall–Kier alpha value is -3.20. The molecule has 0 aliphatic carbocycles. The SMILES string of the molecule is CCOC(=O)CCCCCOc1ccc(/N=N/c2ccc(C#N)cc2)cc1. The first kappa shape index (κ1) is 20.1. The van der Waals surface area contributed by atoms with E-state index in [-0.39, 0.29) is 5.97 Å². The van der Waals surface area contributed by atoms with Crippen molar-refractivity contribution in [1.29, 1.82) is 5.26 Å². The minimum absolute atomic E-state index is 0.135. The van der Waals surface area contributed by atoms with Crippen molar-refractivity contribution in [1.82, 2.24) is 0 Å². The highest BCUT2D eigenvalue weighted by molar-refractivity contribution is 5.69. The van der Waals surface area contributed by atoms with Gasteiger partial charge in [0.25, 0.3) is 0 Å².